The van der Waals surface area contributed by atoms with Gasteiger partial charge in [0.1, 0.15) is 17.9 Å². The summed E-state index contributed by atoms with van der Waals surface area (Å²) < 4.78 is 10.8. The van der Waals surface area contributed by atoms with Crippen molar-refractivity contribution in [3.8, 4) is 5.75 Å². The number of benzene rings is 1. The van der Waals surface area contributed by atoms with Crippen molar-refractivity contribution in [2.24, 2.45) is 0 Å². The van der Waals surface area contributed by atoms with Crippen molar-refractivity contribution in [2.75, 3.05) is 13.7 Å². The van der Waals surface area contributed by atoms with Gasteiger partial charge in [-0.2, -0.15) is 0 Å². The highest BCUT2D eigenvalue weighted by Crippen LogP contribution is 2.28. The molecule has 1 fully saturated rings. The van der Waals surface area contributed by atoms with Gasteiger partial charge >= 0.3 is 5.97 Å². The predicted molar refractivity (Wildman–Crippen MR) is 80.6 cm³/mol. The van der Waals surface area contributed by atoms with Crippen molar-refractivity contribution < 1.29 is 14.3 Å². The second-order valence-electron chi connectivity index (χ2n) is 5.15. The third kappa shape index (κ3) is 3.87. The zero-order valence-electron chi connectivity index (χ0n) is 12.1. The molecule has 4 nitrogen and oxygen atoms in total. The average Bonchev–Trinajstić information content (AvgIpc) is 2.86. The Kier molecular flexibility index (Phi) is 6.30. The van der Waals surface area contributed by atoms with Crippen LogP contribution in [-0.4, -0.2) is 31.8 Å². The van der Waals surface area contributed by atoms with Gasteiger partial charge in [-0.3, -0.25) is 4.79 Å². The van der Waals surface area contributed by atoms with Gasteiger partial charge in [-0.25, -0.2) is 0 Å². The van der Waals surface area contributed by atoms with Crippen LogP contribution < -0.4 is 10.1 Å². The highest BCUT2D eigenvalue weighted by atomic mass is 35.5. The first-order valence-corrected chi connectivity index (χ1v) is 6.68. The van der Waals surface area contributed by atoms with Gasteiger partial charge in [0.15, 0.2) is 0 Å². The molecular weight excluding hydrogens is 278 g/mol. The van der Waals surface area contributed by atoms with Crippen LogP contribution in [0.15, 0.2) is 24.3 Å². The Morgan fingerprint density at radius 2 is 2.05 bits per heavy atom. The summed E-state index contributed by atoms with van der Waals surface area (Å²) in [5.41, 5.74) is 1.20. The molecule has 0 amide bonds. The van der Waals surface area contributed by atoms with Gasteiger partial charge in [0, 0.05) is 13.0 Å². The highest BCUT2D eigenvalue weighted by molar-refractivity contribution is 5.85. The molecule has 20 heavy (non-hydrogen) atoms. The van der Waals surface area contributed by atoms with E-state index in [-0.39, 0.29) is 30.5 Å². The number of para-hydroxylation sites is 1. The van der Waals surface area contributed by atoms with E-state index >= 15 is 0 Å². The second-order valence-corrected chi connectivity index (χ2v) is 5.15. The zero-order valence-corrected chi connectivity index (χ0v) is 12.9. The number of hydrogen-bond donors (Lipinski definition) is 1. The minimum atomic E-state index is -0.249. The van der Waals surface area contributed by atoms with E-state index in [4.69, 9.17) is 9.47 Å². The van der Waals surface area contributed by atoms with Crippen molar-refractivity contribution in [1.82, 2.24) is 5.32 Å². The molecule has 1 aliphatic heterocycles. The second kappa shape index (κ2) is 7.50. The minimum Gasteiger partial charge on any atom is -0.489 e. The highest BCUT2D eigenvalue weighted by Gasteiger charge is 2.31. The van der Waals surface area contributed by atoms with Crippen LogP contribution >= 0.6 is 12.4 Å². The molecule has 2 atom stereocenters. The molecule has 5 heteroatoms. The maximum Gasteiger partial charge on any atom is 0.323 e. The summed E-state index contributed by atoms with van der Waals surface area (Å²) >= 11 is 0. The number of nitrogens with one attached hydrogen (secondary N) is 1. The fourth-order valence-electron chi connectivity index (χ4n) is 2.36. The number of rotatable bonds is 4. The number of hydrogen-bond acceptors (Lipinski definition) is 4. The van der Waals surface area contributed by atoms with Crippen molar-refractivity contribution in [1.29, 1.82) is 0 Å². The van der Waals surface area contributed by atoms with Crippen LogP contribution in [0.1, 0.15) is 31.7 Å². The van der Waals surface area contributed by atoms with Gasteiger partial charge < -0.3 is 14.8 Å². The number of esters is 1. The molecule has 0 aromatic heterocycles. The summed E-state index contributed by atoms with van der Waals surface area (Å²) in [5, 5.41) is 3.13. The maximum atomic E-state index is 11.4. The first kappa shape index (κ1) is 16.8. The Morgan fingerprint density at radius 3 is 2.70 bits per heavy atom. The topological polar surface area (TPSA) is 47.6 Å². The Hall–Kier alpha value is -1.26. The zero-order chi connectivity index (χ0) is 13.8. The van der Waals surface area contributed by atoms with Gasteiger partial charge in [-0.15, -0.1) is 12.4 Å². The molecule has 1 saturated heterocycles. The molecule has 0 aliphatic carbocycles. The van der Waals surface area contributed by atoms with E-state index in [1.54, 1.807) is 0 Å². The molecule has 1 N–H and O–H groups in total. The summed E-state index contributed by atoms with van der Waals surface area (Å²) in [6, 6.07) is 7.82. The van der Waals surface area contributed by atoms with Gasteiger partial charge in [-0.05, 0) is 17.5 Å². The number of halogens is 1. The van der Waals surface area contributed by atoms with Gasteiger partial charge in [0.2, 0.25) is 0 Å². The Bertz CT molecular complexity index is 450. The number of carbonyl (C=O) groups is 1. The molecule has 0 saturated carbocycles. The van der Waals surface area contributed by atoms with E-state index < -0.39 is 0 Å². The van der Waals surface area contributed by atoms with E-state index in [1.165, 1.54) is 12.7 Å². The molecule has 112 valence electrons. The lowest BCUT2D eigenvalue weighted by Crippen LogP contribution is -2.31. The van der Waals surface area contributed by atoms with Crippen LogP contribution in [0.2, 0.25) is 0 Å². The summed E-state index contributed by atoms with van der Waals surface area (Å²) in [7, 11) is 1.41. The first-order valence-electron chi connectivity index (χ1n) is 6.68. The van der Waals surface area contributed by atoms with Gasteiger partial charge in [0.25, 0.3) is 0 Å². The van der Waals surface area contributed by atoms with Gasteiger partial charge in [-0.1, -0.05) is 32.0 Å². The third-order valence-corrected chi connectivity index (χ3v) is 3.41. The van der Waals surface area contributed by atoms with Crippen molar-refractivity contribution in [3.05, 3.63) is 29.8 Å². The molecule has 1 aromatic rings. The Balaban J connectivity index is 0.00000200. The average molecular weight is 300 g/mol. The molecule has 1 heterocycles. The number of methoxy groups -OCH3 is 1. The van der Waals surface area contributed by atoms with Crippen molar-refractivity contribution >= 4 is 18.4 Å². The molecule has 0 bridgehead atoms. The SMILES string of the molecule is COC(=O)[C@@H]1C[C@@H](Oc2ccccc2C(C)C)CN1.Cl. The molecule has 0 radical (unpaired) electrons. The van der Waals surface area contributed by atoms with E-state index in [0.29, 0.717) is 18.9 Å². The fourth-order valence-corrected chi connectivity index (χ4v) is 2.36. The van der Waals surface area contributed by atoms with Gasteiger partial charge in [0.05, 0.1) is 7.11 Å². The maximum absolute atomic E-state index is 11.4. The van der Waals surface area contributed by atoms with E-state index in [2.05, 4.69) is 25.2 Å². The third-order valence-electron chi connectivity index (χ3n) is 3.41. The lowest BCUT2D eigenvalue weighted by Gasteiger charge is -2.17. The van der Waals surface area contributed by atoms with Crippen LogP contribution in [0.4, 0.5) is 0 Å². The largest absolute Gasteiger partial charge is 0.489 e. The van der Waals surface area contributed by atoms with Crippen LogP contribution in [0.25, 0.3) is 0 Å². The first-order chi connectivity index (χ1) is 9.11. The van der Waals surface area contributed by atoms with E-state index in [9.17, 15) is 4.79 Å². The molecule has 2 rings (SSSR count). The number of ether oxygens (including phenoxy) is 2. The fraction of sp³-hybridized carbons (Fsp3) is 0.533. The summed E-state index contributed by atoms with van der Waals surface area (Å²) in [6.45, 7) is 4.96. The lowest BCUT2D eigenvalue weighted by molar-refractivity contribution is -0.142. The molecule has 1 aliphatic rings. The Morgan fingerprint density at radius 1 is 1.35 bits per heavy atom. The minimum absolute atomic E-state index is 0. The molecule has 0 unspecified atom stereocenters. The lowest BCUT2D eigenvalue weighted by atomic mass is 10.0. The Labute approximate surface area is 126 Å². The normalized spacial score (nSPS) is 21.4. The van der Waals surface area contributed by atoms with E-state index in [1.807, 2.05) is 18.2 Å². The molecule has 0 spiro atoms. The number of carbonyl (C=O) groups excluding carboxylic acids is 1. The van der Waals surface area contributed by atoms with Crippen LogP contribution in [0.5, 0.6) is 5.75 Å². The predicted octanol–water partition coefficient (Wildman–Crippen LogP) is 2.51. The summed E-state index contributed by atoms with van der Waals surface area (Å²) in [4.78, 5) is 11.4. The van der Waals surface area contributed by atoms with E-state index in [0.717, 1.165) is 5.75 Å². The molecule has 1 aromatic carbocycles. The quantitative estimate of drug-likeness (QED) is 0.868. The van der Waals surface area contributed by atoms with Crippen LogP contribution in [0.3, 0.4) is 0 Å². The molecular formula is C15H22ClNO3. The summed E-state index contributed by atoms with van der Waals surface area (Å²) in [6.07, 6.45) is 0.669. The standard InChI is InChI=1S/C15H21NO3.ClH/c1-10(2)12-6-4-5-7-14(12)19-11-8-13(16-9-11)15(17)18-3;/h4-7,10-11,13,16H,8-9H2,1-3H3;1H/t11-,13+;/m1./s1. The van der Waals surface area contributed by atoms with Crippen LogP contribution in [-0.2, 0) is 9.53 Å². The van der Waals surface area contributed by atoms with Crippen molar-refractivity contribution in [3.63, 3.8) is 0 Å². The van der Waals surface area contributed by atoms with Crippen molar-refractivity contribution in [2.45, 2.75) is 38.3 Å². The van der Waals surface area contributed by atoms with Crippen LogP contribution in [0, 0.1) is 0 Å². The monoisotopic (exact) mass is 299 g/mol. The summed E-state index contributed by atoms with van der Waals surface area (Å²) in [5.74, 6) is 1.11. The smallest absolute Gasteiger partial charge is 0.323 e.